The zero-order valence-electron chi connectivity index (χ0n) is 14.1. The highest BCUT2D eigenvalue weighted by Crippen LogP contribution is 2.19. The molecule has 1 fully saturated rings. The summed E-state index contributed by atoms with van der Waals surface area (Å²) in [6.45, 7) is 9.53. The second-order valence-corrected chi connectivity index (χ2v) is 6.46. The fourth-order valence-corrected chi connectivity index (χ4v) is 2.68. The molecule has 0 unspecified atom stereocenters. The van der Waals surface area contributed by atoms with Gasteiger partial charge in [-0.2, -0.15) is 0 Å². The zero-order valence-corrected chi connectivity index (χ0v) is 14.1. The Balaban J connectivity index is 2.01. The average molecular weight is 291 g/mol. The van der Waals surface area contributed by atoms with Crippen molar-refractivity contribution in [3.63, 3.8) is 0 Å². The fraction of sp³-hybridized carbons (Fsp3) is 0.750. The Morgan fingerprint density at radius 3 is 2.62 bits per heavy atom. The van der Waals surface area contributed by atoms with E-state index >= 15 is 0 Å². The lowest BCUT2D eigenvalue weighted by Gasteiger charge is -2.35. The summed E-state index contributed by atoms with van der Waals surface area (Å²) in [6, 6.07) is 1.03. The number of hydrogen-bond donors (Lipinski definition) is 1. The first kappa shape index (κ1) is 16.2. The van der Waals surface area contributed by atoms with E-state index in [1.165, 1.54) is 18.4 Å². The third-order valence-electron chi connectivity index (χ3n) is 4.32. The van der Waals surface area contributed by atoms with Gasteiger partial charge in [0.05, 0.1) is 0 Å². The van der Waals surface area contributed by atoms with Crippen molar-refractivity contribution < 1.29 is 0 Å². The standard InChI is InChI=1S/C16H29N5/c1-12(2)17-10-14-11-18-16(19-13(14)3)21(5)15-6-8-20(4)9-7-15/h11-12,15,17H,6-10H2,1-5H3. The maximum absolute atomic E-state index is 4.71. The molecule has 5 heteroatoms. The molecule has 5 nitrogen and oxygen atoms in total. The van der Waals surface area contributed by atoms with Crippen molar-refractivity contribution >= 4 is 5.95 Å². The van der Waals surface area contributed by atoms with Gasteiger partial charge in [-0.1, -0.05) is 13.8 Å². The van der Waals surface area contributed by atoms with Crippen LogP contribution in [0.25, 0.3) is 0 Å². The quantitative estimate of drug-likeness (QED) is 0.896. The molecule has 0 bridgehead atoms. The number of aryl methyl sites for hydroxylation is 1. The molecule has 1 aliphatic rings. The Labute approximate surface area is 128 Å². The molecule has 1 aliphatic heterocycles. The number of nitrogens with one attached hydrogen (secondary N) is 1. The predicted octanol–water partition coefficient (Wildman–Crippen LogP) is 1.81. The summed E-state index contributed by atoms with van der Waals surface area (Å²) in [5.41, 5.74) is 2.26. The van der Waals surface area contributed by atoms with Crippen LogP contribution in [0.3, 0.4) is 0 Å². The largest absolute Gasteiger partial charge is 0.341 e. The van der Waals surface area contributed by atoms with Crippen LogP contribution in [0.5, 0.6) is 0 Å². The van der Waals surface area contributed by atoms with Crippen LogP contribution in [0.15, 0.2) is 6.20 Å². The van der Waals surface area contributed by atoms with E-state index in [0.717, 1.165) is 31.3 Å². The fourth-order valence-electron chi connectivity index (χ4n) is 2.68. The number of nitrogens with zero attached hydrogens (tertiary/aromatic N) is 4. The Morgan fingerprint density at radius 1 is 1.38 bits per heavy atom. The van der Waals surface area contributed by atoms with Crippen LogP contribution in [0.4, 0.5) is 5.95 Å². The van der Waals surface area contributed by atoms with E-state index in [2.05, 4.69) is 55.0 Å². The lowest BCUT2D eigenvalue weighted by atomic mass is 10.0. The first-order valence-corrected chi connectivity index (χ1v) is 7.94. The van der Waals surface area contributed by atoms with Crippen molar-refractivity contribution in [3.05, 3.63) is 17.5 Å². The Bertz CT molecular complexity index is 452. The Morgan fingerprint density at radius 2 is 2.05 bits per heavy atom. The molecule has 2 rings (SSSR count). The minimum Gasteiger partial charge on any atom is -0.341 e. The number of likely N-dealkylation sites (tertiary alicyclic amines) is 1. The van der Waals surface area contributed by atoms with E-state index < -0.39 is 0 Å². The summed E-state index contributed by atoms with van der Waals surface area (Å²) in [6.07, 6.45) is 4.34. The monoisotopic (exact) mass is 291 g/mol. The number of anilines is 1. The smallest absolute Gasteiger partial charge is 0.225 e. The van der Waals surface area contributed by atoms with Crippen molar-refractivity contribution in [1.82, 2.24) is 20.2 Å². The maximum Gasteiger partial charge on any atom is 0.225 e. The van der Waals surface area contributed by atoms with E-state index in [-0.39, 0.29) is 0 Å². The van der Waals surface area contributed by atoms with Gasteiger partial charge in [0.1, 0.15) is 0 Å². The molecule has 1 aromatic heterocycles. The molecule has 21 heavy (non-hydrogen) atoms. The number of hydrogen-bond acceptors (Lipinski definition) is 5. The van der Waals surface area contributed by atoms with Crippen LogP contribution in [-0.2, 0) is 6.54 Å². The van der Waals surface area contributed by atoms with Crippen molar-refractivity contribution in [2.45, 2.75) is 52.2 Å². The van der Waals surface area contributed by atoms with Crippen LogP contribution >= 0.6 is 0 Å². The maximum atomic E-state index is 4.71. The first-order valence-electron chi connectivity index (χ1n) is 7.94. The second-order valence-electron chi connectivity index (χ2n) is 6.46. The number of piperidine rings is 1. The van der Waals surface area contributed by atoms with E-state index in [9.17, 15) is 0 Å². The van der Waals surface area contributed by atoms with E-state index in [0.29, 0.717) is 12.1 Å². The number of rotatable bonds is 5. The summed E-state index contributed by atoms with van der Waals surface area (Å²) in [5.74, 6) is 0.857. The van der Waals surface area contributed by atoms with Crippen LogP contribution in [0.2, 0.25) is 0 Å². The summed E-state index contributed by atoms with van der Waals surface area (Å²) in [5, 5.41) is 3.42. The normalized spacial score (nSPS) is 17.4. The molecule has 0 aromatic carbocycles. The molecule has 0 atom stereocenters. The van der Waals surface area contributed by atoms with Crippen LogP contribution in [-0.4, -0.2) is 54.1 Å². The van der Waals surface area contributed by atoms with Gasteiger partial charge in [-0.05, 0) is 39.9 Å². The zero-order chi connectivity index (χ0) is 15.4. The molecule has 1 saturated heterocycles. The molecule has 0 radical (unpaired) electrons. The van der Waals surface area contributed by atoms with Gasteiger partial charge in [0, 0.05) is 43.1 Å². The molecule has 0 aliphatic carbocycles. The lowest BCUT2D eigenvalue weighted by molar-refractivity contribution is 0.252. The van der Waals surface area contributed by atoms with Crippen LogP contribution in [0, 0.1) is 6.92 Å². The second kappa shape index (κ2) is 7.18. The summed E-state index contributed by atoms with van der Waals surface area (Å²) in [7, 11) is 4.31. The molecular formula is C16H29N5. The number of aromatic nitrogens is 2. The van der Waals surface area contributed by atoms with Crippen molar-refractivity contribution in [2.75, 3.05) is 32.1 Å². The summed E-state index contributed by atoms with van der Waals surface area (Å²) >= 11 is 0. The van der Waals surface area contributed by atoms with Crippen LogP contribution in [0.1, 0.15) is 37.9 Å². The van der Waals surface area contributed by atoms with Gasteiger partial charge in [0.2, 0.25) is 5.95 Å². The third-order valence-corrected chi connectivity index (χ3v) is 4.32. The minimum absolute atomic E-state index is 0.478. The molecule has 0 spiro atoms. The van der Waals surface area contributed by atoms with E-state index in [4.69, 9.17) is 4.98 Å². The van der Waals surface area contributed by atoms with Gasteiger partial charge in [-0.15, -0.1) is 0 Å². The highest BCUT2D eigenvalue weighted by Gasteiger charge is 2.22. The molecule has 118 valence electrons. The van der Waals surface area contributed by atoms with Gasteiger partial charge in [-0.25, -0.2) is 9.97 Å². The average Bonchev–Trinajstić information content (AvgIpc) is 2.46. The van der Waals surface area contributed by atoms with Gasteiger partial charge in [-0.3, -0.25) is 0 Å². The molecule has 0 saturated carbocycles. The van der Waals surface area contributed by atoms with Crippen molar-refractivity contribution in [1.29, 1.82) is 0 Å². The molecule has 1 aromatic rings. The Kier molecular flexibility index (Phi) is 5.53. The SMILES string of the molecule is Cc1nc(N(C)C2CCN(C)CC2)ncc1CNC(C)C. The minimum atomic E-state index is 0.478. The first-order chi connectivity index (χ1) is 9.97. The van der Waals surface area contributed by atoms with Crippen LogP contribution < -0.4 is 10.2 Å². The lowest BCUT2D eigenvalue weighted by Crippen LogP contribution is -2.42. The van der Waals surface area contributed by atoms with Gasteiger partial charge >= 0.3 is 0 Å². The third kappa shape index (κ3) is 4.38. The molecular weight excluding hydrogens is 262 g/mol. The molecule has 0 amide bonds. The van der Waals surface area contributed by atoms with Gasteiger partial charge in [0.25, 0.3) is 0 Å². The van der Waals surface area contributed by atoms with Crippen molar-refractivity contribution in [3.8, 4) is 0 Å². The Hall–Kier alpha value is -1.20. The topological polar surface area (TPSA) is 44.3 Å². The summed E-state index contributed by atoms with van der Waals surface area (Å²) in [4.78, 5) is 13.9. The van der Waals surface area contributed by atoms with E-state index in [1.807, 2.05) is 6.20 Å². The molecule has 1 N–H and O–H groups in total. The van der Waals surface area contributed by atoms with Gasteiger partial charge in [0.15, 0.2) is 0 Å². The molecule has 2 heterocycles. The highest BCUT2D eigenvalue weighted by molar-refractivity contribution is 5.33. The summed E-state index contributed by atoms with van der Waals surface area (Å²) < 4.78 is 0. The highest BCUT2D eigenvalue weighted by atomic mass is 15.3. The predicted molar refractivity (Wildman–Crippen MR) is 87.7 cm³/mol. The van der Waals surface area contributed by atoms with Gasteiger partial charge < -0.3 is 15.1 Å². The van der Waals surface area contributed by atoms with E-state index in [1.54, 1.807) is 0 Å². The van der Waals surface area contributed by atoms with Crippen molar-refractivity contribution in [2.24, 2.45) is 0 Å².